The van der Waals surface area contributed by atoms with Crippen molar-refractivity contribution >= 4 is 28.6 Å². The summed E-state index contributed by atoms with van der Waals surface area (Å²) in [5, 5.41) is 2.19. The molecular weight excluding hydrogens is 303 g/mol. The molecule has 1 aliphatic heterocycles. The Labute approximate surface area is 138 Å². The zero-order valence-corrected chi connectivity index (χ0v) is 12.7. The predicted molar refractivity (Wildman–Crippen MR) is 92.4 cm³/mol. The first-order chi connectivity index (χ1) is 11.7. The van der Waals surface area contributed by atoms with Crippen LogP contribution in [0.25, 0.3) is 22.6 Å². The van der Waals surface area contributed by atoms with E-state index in [9.17, 15) is 9.18 Å². The lowest BCUT2D eigenvalue weighted by Crippen LogP contribution is -1.97. The van der Waals surface area contributed by atoms with Gasteiger partial charge in [0.15, 0.2) is 0 Å². The fourth-order valence-corrected chi connectivity index (χ4v) is 2.79. The largest absolute Gasteiger partial charge is 0.422 e. The Kier molecular flexibility index (Phi) is 3.47. The van der Waals surface area contributed by atoms with Gasteiger partial charge in [0.2, 0.25) is 0 Å². The van der Waals surface area contributed by atoms with E-state index in [1.807, 2.05) is 48.5 Å². The first-order valence-electron chi connectivity index (χ1n) is 7.60. The van der Waals surface area contributed by atoms with Crippen LogP contribution in [0.1, 0.15) is 11.1 Å². The number of halogens is 1. The molecule has 0 fully saturated rings. The summed E-state index contributed by atoms with van der Waals surface area (Å²) < 4.78 is 18.3. The maximum atomic E-state index is 13.0. The van der Waals surface area contributed by atoms with E-state index >= 15 is 0 Å². The molecule has 0 atom stereocenters. The Morgan fingerprint density at radius 3 is 2.46 bits per heavy atom. The van der Waals surface area contributed by atoms with Gasteiger partial charge in [-0.1, -0.05) is 42.5 Å². The third-order valence-electron chi connectivity index (χ3n) is 3.99. The highest BCUT2D eigenvalue weighted by Gasteiger charge is 2.22. The molecule has 116 valence electrons. The van der Waals surface area contributed by atoms with E-state index in [0.29, 0.717) is 16.9 Å². The lowest BCUT2D eigenvalue weighted by Gasteiger charge is -2.02. The van der Waals surface area contributed by atoms with Crippen LogP contribution in [0.4, 0.5) is 4.39 Å². The summed E-state index contributed by atoms with van der Waals surface area (Å²) in [6, 6.07) is 19.8. The van der Waals surface area contributed by atoms with Crippen LogP contribution in [0.3, 0.4) is 0 Å². The van der Waals surface area contributed by atoms with Gasteiger partial charge in [-0.25, -0.2) is 9.18 Å². The molecular formula is C21H13FO2. The molecule has 24 heavy (non-hydrogen) atoms. The van der Waals surface area contributed by atoms with Crippen LogP contribution in [-0.4, -0.2) is 5.97 Å². The van der Waals surface area contributed by atoms with Crippen molar-refractivity contribution in [3.8, 4) is 0 Å². The smallest absolute Gasteiger partial charge is 0.343 e. The van der Waals surface area contributed by atoms with Gasteiger partial charge in [-0.15, -0.1) is 0 Å². The van der Waals surface area contributed by atoms with E-state index in [1.54, 1.807) is 18.2 Å². The first-order valence-corrected chi connectivity index (χ1v) is 7.60. The molecule has 1 aliphatic rings. The van der Waals surface area contributed by atoms with Crippen molar-refractivity contribution in [2.45, 2.75) is 0 Å². The fourth-order valence-electron chi connectivity index (χ4n) is 2.79. The number of carbonyl (C=O) groups is 1. The number of hydrogen-bond acceptors (Lipinski definition) is 2. The zero-order chi connectivity index (χ0) is 16.5. The number of ether oxygens (including phenoxy) is 1. The van der Waals surface area contributed by atoms with Crippen LogP contribution < -0.4 is 0 Å². The number of fused-ring (bicyclic) bond motifs is 1. The molecule has 2 nitrogen and oxygen atoms in total. The van der Waals surface area contributed by atoms with Gasteiger partial charge in [0.25, 0.3) is 0 Å². The topological polar surface area (TPSA) is 26.3 Å². The Bertz CT molecular complexity index is 993. The number of esters is 1. The molecule has 0 spiro atoms. The third-order valence-corrected chi connectivity index (χ3v) is 3.99. The summed E-state index contributed by atoms with van der Waals surface area (Å²) in [7, 11) is 0. The average molecular weight is 316 g/mol. The van der Waals surface area contributed by atoms with Crippen LogP contribution in [0.5, 0.6) is 0 Å². The highest BCUT2D eigenvalue weighted by atomic mass is 19.1. The van der Waals surface area contributed by atoms with Gasteiger partial charge in [-0.3, -0.25) is 0 Å². The van der Waals surface area contributed by atoms with Crippen molar-refractivity contribution in [3.05, 3.63) is 95.3 Å². The third kappa shape index (κ3) is 2.61. The Hall–Kier alpha value is -3.20. The minimum absolute atomic E-state index is 0.324. The first kappa shape index (κ1) is 14.4. The number of benzene rings is 3. The van der Waals surface area contributed by atoms with Gasteiger partial charge in [0.1, 0.15) is 11.6 Å². The van der Waals surface area contributed by atoms with Crippen LogP contribution >= 0.6 is 0 Å². The van der Waals surface area contributed by atoms with Crippen LogP contribution in [0.2, 0.25) is 0 Å². The van der Waals surface area contributed by atoms with E-state index in [1.165, 1.54) is 12.1 Å². The molecule has 0 bridgehead atoms. The molecule has 0 saturated carbocycles. The Morgan fingerprint density at radius 2 is 1.62 bits per heavy atom. The van der Waals surface area contributed by atoms with E-state index < -0.39 is 5.97 Å². The molecule has 3 aromatic rings. The summed E-state index contributed by atoms with van der Waals surface area (Å²) in [4.78, 5) is 12.1. The highest BCUT2D eigenvalue weighted by Crippen LogP contribution is 2.29. The van der Waals surface area contributed by atoms with E-state index in [2.05, 4.69) is 0 Å². The van der Waals surface area contributed by atoms with Gasteiger partial charge >= 0.3 is 5.97 Å². The highest BCUT2D eigenvalue weighted by molar-refractivity contribution is 6.06. The van der Waals surface area contributed by atoms with Crippen molar-refractivity contribution < 1.29 is 13.9 Å². The summed E-state index contributed by atoms with van der Waals surface area (Å²) in [5.74, 6) is -0.288. The summed E-state index contributed by atoms with van der Waals surface area (Å²) >= 11 is 0. The second-order valence-corrected chi connectivity index (χ2v) is 5.57. The van der Waals surface area contributed by atoms with Gasteiger partial charge in [-0.2, -0.15) is 0 Å². The minimum Gasteiger partial charge on any atom is -0.422 e. The Morgan fingerprint density at radius 1 is 0.875 bits per heavy atom. The van der Waals surface area contributed by atoms with E-state index in [0.717, 1.165) is 16.3 Å². The molecule has 0 unspecified atom stereocenters. The van der Waals surface area contributed by atoms with Gasteiger partial charge < -0.3 is 4.74 Å². The molecule has 0 saturated heterocycles. The summed E-state index contributed by atoms with van der Waals surface area (Å²) in [6.45, 7) is 0. The van der Waals surface area contributed by atoms with Crippen molar-refractivity contribution in [2.24, 2.45) is 0 Å². The molecule has 0 radical (unpaired) electrons. The van der Waals surface area contributed by atoms with Crippen molar-refractivity contribution in [1.29, 1.82) is 0 Å². The quantitative estimate of drug-likeness (QED) is 0.493. The minimum atomic E-state index is -0.401. The molecule has 0 aromatic heterocycles. The fraction of sp³-hybridized carbons (Fsp3) is 0. The second-order valence-electron chi connectivity index (χ2n) is 5.57. The lowest BCUT2D eigenvalue weighted by atomic mass is 10.0. The van der Waals surface area contributed by atoms with Crippen LogP contribution in [0.15, 0.2) is 78.4 Å². The number of carbonyl (C=O) groups excluding carboxylic acids is 1. The standard InChI is InChI=1S/C21H13FO2/c22-18-10-8-15(9-11-18)20-13-17(21(23)24-20)12-16-6-3-5-14-4-1-2-7-19(14)16/h1-13H/b17-12+. The summed E-state index contributed by atoms with van der Waals surface area (Å²) in [6.07, 6.45) is 3.51. The molecule has 1 heterocycles. The van der Waals surface area contributed by atoms with E-state index in [-0.39, 0.29) is 5.82 Å². The molecule has 0 amide bonds. The van der Waals surface area contributed by atoms with Crippen molar-refractivity contribution in [3.63, 3.8) is 0 Å². The number of cyclic esters (lactones) is 1. The van der Waals surface area contributed by atoms with Gasteiger partial charge in [0, 0.05) is 5.56 Å². The zero-order valence-electron chi connectivity index (χ0n) is 12.7. The molecule has 4 rings (SSSR count). The van der Waals surface area contributed by atoms with E-state index in [4.69, 9.17) is 4.74 Å². The molecule has 3 heteroatoms. The SMILES string of the molecule is O=C1OC(c2ccc(F)cc2)=C/C1=C\c1cccc2ccccc12. The second kappa shape index (κ2) is 5.78. The molecule has 0 N–H and O–H groups in total. The lowest BCUT2D eigenvalue weighted by molar-refractivity contribution is -0.130. The normalized spacial score (nSPS) is 15.6. The van der Waals surface area contributed by atoms with Gasteiger partial charge in [-0.05, 0) is 52.8 Å². The average Bonchev–Trinajstić information content (AvgIpc) is 2.97. The van der Waals surface area contributed by atoms with Crippen LogP contribution in [0, 0.1) is 5.82 Å². The molecule has 0 aliphatic carbocycles. The monoisotopic (exact) mass is 316 g/mol. The van der Waals surface area contributed by atoms with Crippen molar-refractivity contribution in [2.75, 3.05) is 0 Å². The summed E-state index contributed by atoms with van der Waals surface area (Å²) in [5.41, 5.74) is 2.11. The van der Waals surface area contributed by atoms with Crippen molar-refractivity contribution in [1.82, 2.24) is 0 Å². The predicted octanol–water partition coefficient (Wildman–Crippen LogP) is 4.96. The number of rotatable bonds is 2. The van der Waals surface area contributed by atoms with Crippen LogP contribution in [-0.2, 0) is 9.53 Å². The Balaban J connectivity index is 1.76. The number of hydrogen-bond donors (Lipinski definition) is 0. The van der Waals surface area contributed by atoms with Gasteiger partial charge in [0.05, 0.1) is 5.57 Å². The maximum Gasteiger partial charge on any atom is 0.343 e. The molecule has 3 aromatic carbocycles. The maximum absolute atomic E-state index is 13.0.